The number of aliphatic hydroxyl groups excluding tert-OH is 1. The van der Waals surface area contributed by atoms with Crippen LogP contribution in [0.25, 0.3) is 0 Å². The molecule has 0 aromatic heterocycles. The number of carbonyl (C=O) groups is 1. The lowest BCUT2D eigenvalue weighted by atomic mass is 9.82. The maximum absolute atomic E-state index is 13.1. The molecule has 4 rings (SSSR count). The number of ether oxygens (including phenoxy) is 1. The van der Waals surface area contributed by atoms with Crippen LogP contribution >= 0.6 is 15.9 Å². The summed E-state index contributed by atoms with van der Waals surface area (Å²) in [4.78, 5) is 19.5. The Labute approximate surface area is 162 Å². The number of morpholine rings is 1. The smallest absolute Gasteiger partial charge is 0.237 e. The Hall–Kier alpha value is -1.15. The molecule has 6 nitrogen and oxygen atoms in total. The summed E-state index contributed by atoms with van der Waals surface area (Å²) in [5, 5.41) is 10.00. The van der Waals surface area contributed by atoms with Crippen LogP contribution in [-0.4, -0.2) is 79.9 Å². The molecule has 0 saturated carbocycles. The van der Waals surface area contributed by atoms with E-state index in [2.05, 4.69) is 37.9 Å². The van der Waals surface area contributed by atoms with Gasteiger partial charge in [-0.05, 0) is 30.2 Å². The number of amides is 1. The Morgan fingerprint density at radius 3 is 2.81 bits per heavy atom. The Kier molecular flexibility index (Phi) is 5.23. The third-order valence-electron chi connectivity index (χ3n) is 6.09. The van der Waals surface area contributed by atoms with Crippen molar-refractivity contribution in [2.45, 2.75) is 18.5 Å². The maximum Gasteiger partial charge on any atom is 0.237 e. The highest BCUT2D eigenvalue weighted by Gasteiger charge is 2.47. The number of fused-ring (bicyclic) bond motifs is 3. The minimum absolute atomic E-state index is 0.0457. The molecule has 0 aliphatic carbocycles. The number of nitrogens with zero attached hydrogens (tertiary/aromatic N) is 3. The first-order valence-corrected chi connectivity index (χ1v) is 10.1. The van der Waals surface area contributed by atoms with Gasteiger partial charge in [0, 0.05) is 42.8 Å². The van der Waals surface area contributed by atoms with Crippen molar-refractivity contribution in [2.75, 3.05) is 57.9 Å². The lowest BCUT2D eigenvalue weighted by Gasteiger charge is -2.44. The highest BCUT2D eigenvalue weighted by molar-refractivity contribution is 9.10. The number of halogens is 1. The summed E-state index contributed by atoms with van der Waals surface area (Å²) in [5.74, 6) is 0.451. The van der Waals surface area contributed by atoms with Crippen LogP contribution < -0.4 is 4.90 Å². The van der Waals surface area contributed by atoms with Gasteiger partial charge in [0.15, 0.2) is 0 Å². The largest absolute Gasteiger partial charge is 0.394 e. The van der Waals surface area contributed by atoms with Gasteiger partial charge in [-0.25, -0.2) is 0 Å². The number of benzene rings is 1. The number of aliphatic hydroxyl groups is 1. The number of likely N-dealkylation sites (N-methyl/N-ethyl adjacent to an activating group) is 1. The van der Waals surface area contributed by atoms with Crippen molar-refractivity contribution in [3.63, 3.8) is 0 Å². The number of carbonyl (C=O) groups excluding carboxylic acids is 1. The first kappa shape index (κ1) is 18.2. The molecule has 0 unspecified atom stereocenters. The van der Waals surface area contributed by atoms with Crippen LogP contribution in [0.15, 0.2) is 22.7 Å². The molecule has 26 heavy (non-hydrogen) atoms. The molecule has 7 heteroatoms. The normalized spacial score (nSPS) is 28.8. The van der Waals surface area contributed by atoms with E-state index in [-0.39, 0.29) is 30.5 Å². The van der Waals surface area contributed by atoms with Gasteiger partial charge in [-0.2, -0.15) is 0 Å². The van der Waals surface area contributed by atoms with Gasteiger partial charge in [-0.1, -0.05) is 15.9 Å². The summed E-state index contributed by atoms with van der Waals surface area (Å²) in [7, 11) is 2.04. The third-order valence-corrected chi connectivity index (χ3v) is 6.59. The van der Waals surface area contributed by atoms with Crippen LogP contribution in [0.3, 0.4) is 0 Å². The monoisotopic (exact) mass is 423 g/mol. The average molecular weight is 424 g/mol. The quantitative estimate of drug-likeness (QED) is 0.797. The van der Waals surface area contributed by atoms with Gasteiger partial charge < -0.3 is 19.6 Å². The number of hydrogen-bond donors (Lipinski definition) is 1. The number of rotatable bonds is 3. The highest BCUT2D eigenvalue weighted by Crippen LogP contribution is 2.49. The lowest BCUT2D eigenvalue weighted by Crippen LogP contribution is -2.50. The van der Waals surface area contributed by atoms with Crippen LogP contribution in [0.4, 0.5) is 5.69 Å². The fraction of sp³-hybridized carbons (Fsp3) is 0.632. The fourth-order valence-corrected chi connectivity index (χ4v) is 5.12. The molecule has 2 fully saturated rings. The molecule has 0 bridgehead atoms. The molecule has 1 amide bonds. The van der Waals surface area contributed by atoms with E-state index in [1.807, 2.05) is 18.0 Å². The van der Waals surface area contributed by atoms with E-state index < -0.39 is 0 Å². The standard InChI is InChI=1S/C19H26BrN3O3/c1-21-16-3-2-13(20)10-15(16)19-14(17(21)12-24)4-5-23(19)18(25)11-22-6-8-26-9-7-22/h2-3,10,14,17,19,24H,4-9,11-12H2,1H3/t14-,17-,19-/m1/s1. The van der Waals surface area contributed by atoms with Gasteiger partial charge in [0.1, 0.15) is 0 Å². The Morgan fingerprint density at radius 2 is 2.08 bits per heavy atom. The van der Waals surface area contributed by atoms with Gasteiger partial charge in [-0.15, -0.1) is 0 Å². The van der Waals surface area contributed by atoms with Gasteiger partial charge >= 0.3 is 0 Å². The van der Waals surface area contributed by atoms with Gasteiger partial charge in [0.05, 0.1) is 38.4 Å². The molecule has 2 saturated heterocycles. The second kappa shape index (κ2) is 7.46. The summed E-state index contributed by atoms with van der Waals surface area (Å²) in [6.07, 6.45) is 0.932. The Balaban J connectivity index is 1.62. The van der Waals surface area contributed by atoms with E-state index in [4.69, 9.17) is 4.74 Å². The summed E-state index contributed by atoms with van der Waals surface area (Å²) in [6.45, 7) is 4.36. The molecule has 142 valence electrons. The van der Waals surface area contributed by atoms with Crippen molar-refractivity contribution < 1.29 is 14.6 Å². The molecule has 3 aliphatic rings. The van der Waals surface area contributed by atoms with Crippen LogP contribution in [-0.2, 0) is 9.53 Å². The van der Waals surface area contributed by atoms with E-state index in [0.29, 0.717) is 19.8 Å². The van der Waals surface area contributed by atoms with Crippen molar-refractivity contribution in [3.05, 3.63) is 28.2 Å². The molecule has 1 aromatic carbocycles. The van der Waals surface area contributed by atoms with E-state index >= 15 is 0 Å². The second-order valence-corrected chi connectivity index (χ2v) is 8.35. The minimum atomic E-state index is 0.0457. The van der Waals surface area contributed by atoms with Crippen molar-refractivity contribution in [1.82, 2.24) is 9.80 Å². The van der Waals surface area contributed by atoms with Crippen LogP contribution in [0.1, 0.15) is 18.0 Å². The lowest BCUT2D eigenvalue weighted by molar-refractivity contribution is -0.135. The third kappa shape index (κ3) is 3.15. The number of hydrogen-bond acceptors (Lipinski definition) is 5. The molecule has 1 aromatic rings. The van der Waals surface area contributed by atoms with Gasteiger partial charge in [0.25, 0.3) is 0 Å². The SMILES string of the molecule is CN1c2ccc(Br)cc2[C@H]2[C@H](CCN2C(=O)CN2CCOCC2)[C@H]1CO. The second-order valence-electron chi connectivity index (χ2n) is 7.44. The topological polar surface area (TPSA) is 56.2 Å². The Morgan fingerprint density at radius 1 is 1.31 bits per heavy atom. The first-order valence-electron chi connectivity index (χ1n) is 9.33. The van der Waals surface area contributed by atoms with E-state index in [1.165, 1.54) is 5.56 Å². The molecule has 1 N–H and O–H groups in total. The fourth-order valence-electron chi connectivity index (χ4n) is 4.75. The summed E-state index contributed by atoms with van der Waals surface area (Å²) in [5.41, 5.74) is 2.30. The van der Waals surface area contributed by atoms with E-state index in [9.17, 15) is 9.90 Å². The summed E-state index contributed by atoms with van der Waals surface area (Å²) in [6, 6.07) is 6.34. The van der Waals surface area contributed by atoms with Gasteiger partial charge in [-0.3, -0.25) is 9.69 Å². The predicted molar refractivity (Wildman–Crippen MR) is 103 cm³/mol. The highest BCUT2D eigenvalue weighted by atomic mass is 79.9. The van der Waals surface area contributed by atoms with Crippen LogP contribution in [0, 0.1) is 5.92 Å². The zero-order valence-electron chi connectivity index (χ0n) is 15.1. The predicted octanol–water partition coefficient (Wildman–Crippen LogP) is 1.48. The Bertz CT molecular complexity index is 680. The van der Waals surface area contributed by atoms with Crippen LogP contribution in [0.2, 0.25) is 0 Å². The number of likely N-dealkylation sites (tertiary alicyclic amines) is 1. The molecule has 0 radical (unpaired) electrons. The number of anilines is 1. The molecule has 3 aliphatic heterocycles. The molecular formula is C19H26BrN3O3. The van der Waals surface area contributed by atoms with Crippen molar-refractivity contribution >= 4 is 27.5 Å². The minimum Gasteiger partial charge on any atom is -0.394 e. The zero-order valence-corrected chi connectivity index (χ0v) is 16.7. The molecule has 0 spiro atoms. The van der Waals surface area contributed by atoms with Crippen molar-refractivity contribution in [3.8, 4) is 0 Å². The maximum atomic E-state index is 13.1. The molecule has 3 atom stereocenters. The summed E-state index contributed by atoms with van der Waals surface area (Å²) < 4.78 is 6.41. The summed E-state index contributed by atoms with van der Waals surface area (Å²) >= 11 is 3.58. The zero-order chi connectivity index (χ0) is 18.3. The molecular weight excluding hydrogens is 398 g/mol. The average Bonchev–Trinajstić information content (AvgIpc) is 3.08. The molecule has 3 heterocycles. The van der Waals surface area contributed by atoms with E-state index in [0.717, 1.165) is 36.2 Å². The van der Waals surface area contributed by atoms with Gasteiger partial charge in [0.2, 0.25) is 5.91 Å². The van der Waals surface area contributed by atoms with Crippen molar-refractivity contribution in [2.24, 2.45) is 5.92 Å². The van der Waals surface area contributed by atoms with Crippen LogP contribution in [0.5, 0.6) is 0 Å². The van der Waals surface area contributed by atoms with E-state index in [1.54, 1.807) is 0 Å². The first-order chi connectivity index (χ1) is 12.6. The van der Waals surface area contributed by atoms with Crippen molar-refractivity contribution in [1.29, 1.82) is 0 Å².